The first-order valence-electron chi connectivity index (χ1n) is 12.1. The molecule has 3 atom stereocenters. The van der Waals surface area contributed by atoms with Crippen LogP contribution in [0.4, 0.5) is 0 Å². The first kappa shape index (κ1) is 26.3. The summed E-state index contributed by atoms with van der Waals surface area (Å²) in [6.07, 6.45) is 2.73. The molecule has 0 aromatic carbocycles. The first-order valence-corrected chi connectivity index (χ1v) is 17.4. The van der Waals surface area contributed by atoms with Crippen LogP contribution in [-0.4, -0.2) is 55.4 Å². The van der Waals surface area contributed by atoms with Crippen molar-refractivity contribution < 1.29 is 17.8 Å². The Morgan fingerprint density at radius 1 is 1.03 bits per heavy atom. The molecule has 188 valence electrons. The Hall–Kier alpha value is -0.756. The molecular weight excluding hydrogens is 506 g/mol. The van der Waals surface area contributed by atoms with Crippen LogP contribution in [0, 0.1) is 0 Å². The second kappa shape index (κ2) is 9.61. The minimum atomic E-state index is -2.84. The summed E-state index contributed by atoms with van der Waals surface area (Å²) in [5.74, 6) is 0.0378. The molecule has 0 unspecified atom stereocenters. The predicted octanol–water partition coefficient (Wildman–Crippen LogP) is 6.22. The highest BCUT2D eigenvalue weighted by atomic mass is 35.5. The van der Waals surface area contributed by atoms with Crippen LogP contribution in [0.1, 0.15) is 60.8 Å². The summed E-state index contributed by atoms with van der Waals surface area (Å²) < 4.78 is 22.9. The Morgan fingerprint density at radius 2 is 1.65 bits per heavy atom. The van der Waals surface area contributed by atoms with E-state index in [0.29, 0.717) is 17.4 Å². The number of nitrogens with zero attached hydrogens (tertiary/aromatic N) is 3. The van der Waals surface area contributed by atoms with Crippen LogP contribution in [0.25, 0.3) is 11.0 Å². The van der Waals surface area contributed by atoms with Crippen molar-refractivity contribution in [3.8, 4) is 0 Å². The topological polar surface area (TPSA) is 75.5 Å². The molecule has 0 spiro atoms. The number of carbonyl (C=O) groups excluding carboxylic acids is 1. The fraction of sp³-hybridized carbons (Fsp3) is 0.696. The predicted molar refractivity (Wildman–Crippen MR) is 142 cm³/mol. The average molecular weight is 542 g/mol. The van der Waals surface area contributed by atoms with Crippen LogP contribution in [0.5, 0.6) is 0 Å². The van der Waals surface area contributed by atoms with Gasteiger partial charge in [-0.3, -0.25) is 4.79 Å². The Balaban J connectivity index is 1.78. The van der Waals surface area contributed by atoms with Gasteiger partial charge in [-0.2, -0.15) is 0 Å². The molecule has 0 saturated carbocycles. The lowest BCUT2D eigenvalue weighted by Gasteiger charge is -2.51. The van der Waals surface area contributed by atoms with E-state index < -0.39 is 28.6 Å². The summed E-state index contributed by atoms with van der Waals surface area (Å²) in [5, 5.41) is 0.556. The summed E-state index contributed by atoms with van der Waals surface area (Å²) in [7, 11) is -5.47. The van der Waals surface area contributed by atoms with Crippen LogP contribution >= 0.6 is 23.4 Å². The second-order valence-corrected chi connectivity index (χ2v) is 21.1. The zero-order valence-corrected chi connectivity index (χ0v) is 24.8. The molecule has 2 aromatic heterocycles. The summed E-state index contributed by atoms with van der Waals surface area (Å²) in [6, 6.07) is 1.86. The molecule has 4 heterocycles. The minimum Gasteiger partial charge on any atom is -0.414 e. The van der Waals surface area contributed by atoms with Crippen LogP contribution in [0.2, 0.25) is 27.3 Å². The molecule has 2 fully saturated rings. The van der Waals surface area contributed by atoms with Gasteiger partial charge in [0.1, 0.15) is 28.6 Å². The number of hydrogen-bond donors (Lipinski definition) is 0. The third-order valence-electron chi connectivity index (χ3n) is 7.20. The highest BCUT2D eigenvalue weighted by molar-refractivity contribution is 8.01. The molecule has 2 aromatic rings. The fourth-order valence-electron chi connectivity index (χ4n) is 5.34. The van der Waals surface area contributed by atoms with E-state index in [9.17, 15) is 4.79 Å². The van der Waals surface area contributed by atoms with Gasteiger partial charge in [0.05, 0.1) is 17.2 Å². The van der Waals surface area contributed by atoms with E-state index in [2.05, 4.69) is 65.4 Å². The maximum Gasteiger partial charge on any atom is 0.335 e. The summed E-state index contributed by atoms with van der Waals surface area (Å²) in [6.45, 7) is 17.9. The number of hydrogen-bond acceptors (Lipinski definition) is 7. The van der Waals surface area contributed by atoms with Gasteiger partial charge in [-0.15, -0.1) is 11.8 Å². The van der Waals surface area contributed by atoms with E-state index in [0.717, 1.165) is 5.39 Å². The van der Waals surface area contributed by atoms with E-state index in [1.54, 1.807) is 11.8 Å². The third-order valence-corrected chi connectivity index (χ3v) is 19.2. The van der Waals surface area contributed by atoms with E-state index in [1.165, 1.54) is 6.33 Å². The van der Waals surface area contributed by atoms with E-state index in [-0.39, 0.29) is 33.2 Å². The normalized spacial score (nSPS) is 27.1. The Morgan fingerprint density at radius 3 is 2.24 bits per heavy atom. The Labute approximate surface area is 213 Å². The lowest BCUT2D eigenvalue weighted by molar-refractivity contribution is -0.127. The van der Waals surface area contributed by atoms with Gasteiger partial charge in [-0.1, -0.05) is 67.0 Å². The van der Waals surface area contributed by atoms with E-state index in [4.69, 9.17) is 24.6 Å². The smallest absolute Gasteiger partial charge is 0.335 e. The Bertz CT molecular complexity index is 1050. The zero-order valence-electron chi connectivity index (χ0n) is 21.2. The minimum absolute atomic E-state index is 0.0378. The number of thioether (sulfide) groups is 1. The number of ketones is 1. The number of fused-ring (bicyclic) bond motifs is 2. The number of halogens is 1. The summed E-state index contributed by atoms with van der Waals surface area (Å²) in [4.78, 5) is 22.4. The van der Waals surface area contributed by atoms with Gasteiger partial charge >= 0.3 is 17.1 Å². The standard InChI is InChI=1S/C23H36ClN3O4SSi2/c1-13(2)33(14(3)4)29-11-18-20(30-34(31-33,15(5)6)16(7)8)19(28)23(32-18)27-10-9-17-21(24)25-12-26-22(17)27/h9-10,12-16,18,20,23H,11H2,1-8H3/t18-,20-,23-/m1/s1. The van der Waals surface area contributed by atoms with Crippen LogP contribution < -0.4 is 0 Å². The van der Waals surface area contributed by atoms with Crippen LogP contribution in [0.3, 0.4) is 0 Å². The van der Waals surface area contributed by atoms with Crippen molar-refractivity contribution in [3.05, 3.63) is 23.7 Å². The molecule has 2 saturated heterocycles. The first-order chi connectivity index (χ1) is 15.9. The van der Waals surface area contributed by atoms with Crippen molar-refractivity contribution in [3.63, 3.8) is 0 Å². The molecule has 0 bridgehead atoms. The Kier molecular flexibility index (Phi) is 7.43. The van der Waals surface area contributed by atoms with Gasteiger partial charge in [-0.05, 0) is 28.2 Å². The van der Waals surface area contributed by atoms with Crippen molar-refractivity contribution in [1.29, 1.82) is 0 Å². The van der Waals surface area contributed by atoms with Gasteiger partial charge in [0.15, 0.2) is 5.78 Å². The molecule has 2 aliphatic rings. The zero-order chi connectivity index (χ0) is 25.0. The molecule has 0 aliphatic carbocycles. The number of carbonyl (C=O) groups is 1. The highest BCUT2D eigenvalue weighted by Crippen LogP contribution is 2.51. The van der Waals surface area contributed by atoms with Crippen molar-refractivity contribution in [1.82, 2.24) is 14.5 Å². The third kappa shape index (κ3) is 4.12. The maximum absolute atomic E-state index is 13.9. The van der Waals surface area contributed by atoms with E-state index >= 15 is 0 Å². The molecular formula is C23H36ClN3O4SSi2. The van der Waals surface area contributed by atoms with Crippen molar-refractivity contribution in [2.45, 2.75) is 94.3 Å². The molecule has 2 aliphatic heterocycles. The monoisotopic (exact) mass is 541 g/mol. The SMILES string of the molecule is CC(C)[Si]1(C(C)C)OC[C@H]2S[C@@H](n3ccc4c(Cl)ncnc43)C(=O)[C@@H]2O[Si](C(C)C)(C(C)C)O1. The summed E-state index contributed by atoms with van der Waals surface area (Å²) >= 11 is 7.87. The molecule has 0 N–H and O–H groups in total. The largest absolute Gasteiger partial charge is 0.414 e. The molecule has 4 rings (SSSR count). The van der Waals surface area contributed by atoms with Gasteiger partial charge in [0.25, 0.3) is 0 Å². The van der Waals surface area contributed by atoms with Crippen molar-refractivity contribution in [2.75, 3.05) is 6.61 Å². The molecule has 0 amide bonds. The molecule has 0 radical (unpaired) electrons. The van der Waals surface area contributed by atoms with Gasteiger partial charge in [0.2, 0.25) is 0 Å². The van der Waals surface area contributed by atoms with Crippen LogP contribution in [0.15, 0.2) is 18.6 Å². The van der Waals surface area contributed by atoms with Crippen molar-refractivity contribution in [2.24, 2.45) is 0 Å². The van der Waals surface area contributed by atoms with Gasteiger partial charge < -0.3 is 17.5 Å². The molecule has 34 heavy (non-hydrogen) atoms. The number of Topliss-reactive ketones (excluding diaryl/α,β-unsaturated/α-hetero) is 1. The van der Waals surface area contributed by atoms with Crippen LogP contribution in [-0.2, 0) is 17.8 Å². The average Bonchev–Trinajstić information content (AvgIpc) is 3.29. The molecule has 7 nitrogen and oxygen atoms in total. The second-order valence-electron chi connectivity index (χ2n) is 10.6. The van der Waals surface area contributed by atoms with Gasteiger partial charge in [-0.25, -0.2) is 9.97 Å². The maximum atomic E-state index is 13.9. The number of rotatable bonds is 5. The van der Waals surface area contributed by atoms with E-state index in [1.807, 2.05) is 16.8 Å². The van der Waals surface area contributed by atoms with Gasteiger partial charge in [0, 0.05) is 6.20 Å². The highest BCUT2D eigenvalue weighted by Gasteiger charge is 2.61. The fourth-order valence-corrected chi connectivity index (χ4v) is 18.3. The summed E-state index contributed by atoms with van der Waals surface area (Å²) in [5.41, 5.74) is 1.54. The van der Waals surface area contributed by atoms with Crippen molar-refractivity contribution >= 4 is 57.3 Å². The number of aromatic nitrogens is 3. The lowest BCUT2D eigenvalue weighted by Crippen LogP contribution is -2.65. The lowest BCUT2D eigenvalue weighted by atomic mass is 10.2. The quantitative estimate of drug-likeness (QED) is 0.328. The molecule has 11 heteroatoms.